The fourth-order valence-electron chi connectivity index (χ4n) is 1.28. The van der Waals surface area contributed by atoms with Crippen LogP contribution in [0.3, 0.4) is 0 Å². The van der Waals surface area contributed by atoms with E-state index in [4.69, 9.17) is 0 Å². The molecule has 0 atom stereocenters. The second-order valence-electron chi connectivity index (χ2n) is 4.73. The molecule has 0 aliphatic carbocycles. The van der Waals surface area contributed by atoms with E-state index in [1.54, 1.807) is 11.0 Å². The molecule has 1 aromatic heterocycles. The number of hydrogen-bond donors (Lipinski definition) is 0. The maximum atomic E-state index is 4.38. The predicted molar refractivity (Wildman–Crippen MR) is 66.9 cm³/mol. The van der Waals surface area contributed by atoms with Crippen molar-refractivity contribution in [2.24, 2.45) is 4.99 Å². The van der Waals surface area contributed by atoms with Crippen LogP contribution in [0.5, 0.6) is 0 Å². The normalized spacial score (nSPS) is 12.2. The van der Waals surface area contributed by atoms with Crippen molar-refractivity contribution in [1.82, 2.24) is 20.2 Å². The summed E-state index contributed by atoms with van der Waals surface area (Å²) >= 11 is 0. The standard InChI is InChI=1S/C12H15N5/c1-12(2,3)13-9-17-11(14-15-16-17)10-7-5-4-6-8-10/h4-9H,1-3H3. The minimum absolute atomic E-state index is 0.139. The molecule has 0 saturated heterocycles. The van der Waals surface area contributed by atoms with E-state index in [0.717, 1.165) is 5.56 Å². The minimum Gasteiger partial charge on any atom is -0.268 e. The highest BCUT2D eigenvalue weighted by atomic mass is 15.5. The first-order valence-corrected chi connectivity index (χ1v) is 5.45. The first-order valence-electron chi connectivity index (χ1n) is 5.45. The molecule has 2 aromatic rings. The van der Waals surface area contributed by atoms with Gasteiger partial charge >= 0.3 is 0 Å². The van der Waals surface area contributed by atoms with Crippen molar-refractivity contribution in [3.8, 4) is 11.4 Å². The molecular weight excluding hydrogens is 214 g/mol. The van der Waals surface area contributed by atoms with Crippen molar-refractivity contribution >= 4 is 6.34 Å². The second-order valence-corrected chi connectivity index (χ2v) is 4.73. The number of rotatable bonds is 2. The van der Waals surface area contributed by atoms with E-state index in [1.807, 2.05) is 51.1 Å². The highest BCUT2D eigenvalue weighted by molar-refractivity contribution is 5.67. The van der Waals surface area contributed by atoms with Gasteiger partial charge in [-0.1, -0.05) is 30.3 Å². The number of nitrogens with zero attached hydrogens (tertiary/aromatic N) is 5. The summed E-state index contributed by atoms with van der Waals surface area (Å²) in [6, 6.07) is 9.80. The molecule has 0 N–H and O–H groups in total. The molecule has 0 bridgehead atoms. The molecule has 5 nitrogen and oxygen atoms in total. The smallest absolute Gasteiger partial charge is 0.188 e. The zero-order valence-electron chi connectivity index (χ0n) is 10.2. The van der Waals surface area contributed by atoms with Crippen molar-refractivity contribution in [1.29, 1.82) is 0 Å². The Labute approximate surface area is 100 Å². The molecule has 5 heteroatoms. The Kier molecular flexibility index (Phi) is 2.99. The van der Waals surface area contributed by atoms with Crippen LogP contribution >= 0.6 is 0 Å². The molecule has 17 heavy (non-hydrogen) atoms. The van der Waals surface area contributed by atoms with Crippen LogP contribution in [0.2, 0.25) is 0 Å². The maximum absolute atomic E-state index is 4.38. The number of hydrogen-bond acceptors (Lipinski definition) is 4. The van der Waals surface area contributed by atoms with E-state index in [0.29, 0.717) is 5.82 Å². The lowest BCUT2D eigenvalue weighted by atomic mass is 10.1. The average Bonchev–Trinajstić information content (AvgIpc) is 2.75. The molecule has 0 fully saturated rings. The summed E-state index contributed by atoms with van der Waals surface area (Å²) in [5.74, 6) is 0.693. The van der Waals surface area contributed by atoms with Crippen molar-refractivity contribution in [3.05, 3.63) is 30.3 Å². The lowest BCUT2D eigenvalue weighted by Gasteiger charge is -2.10. The van der Waals surface area contributed by atoms with Gasteiger partial charge in [0, 0.05) is 5.56 Å². The Morgan fingerprint density at radius 3 is 2.53 bits per heavy atom. The summed E-state index contributed by atoms with van der Waals surface area (Å²) in [4.78, 5) is 4.38. The van der Waals surface area contributed by atoms with E-state index in [1.165, 1.54) is 0 Å². The summed E-state index contributed by atoms with van der Waals surface area (Å²) in [7, 11) is 0. The van der Waals surface area contributed by atoms with E-state index in [2.05, 4.69) is 20.5 Å². The van der Waals surface area contributed by atoms with E-state index < -0.39 is 0 Å². The van der Waals surface area contributed by atoms with Gasteiger partial charge in [0.2, 0.25) is 0 Å². The third-order valence-corrected chi connectivity index (χ3v) is 2.08. The van der Waals surface area contributed by atoms with Crippen LogP contribution < -0.4 is 0 Å². The van der Waals surface area contributed by atoms with Crippen LogP contribution in [0.1, 0.15) is 20.8 Å². The first kappa shape index (κ1) is 11.4. The number of benzene rings is 1. The summed E-state index contributed by atoms with van der Waals surface area (Å²) in [5.41, 5.74) is 0.831. The Bertz CT molecular complexity index is 507. The van der Waals surface area contributed by atoms with Gasteiger partial charge < -0.3 is 0 Å². The molecule has 0 aliphatic heterocycles. The van der Waals surface area contributed by atoms with E-state index in [-0.39, 0.29) is 5.54 Å². The molecule has 0 radical (unpaired) electrons. The van der Waals surface area contributed by atoms with Crippen LogP contribution in [0.15, 0.2) is 35.3 Å². The summed E-state index contributed by atoms with van der Waals surface area (Å²) in [6.07, 6.45) is 1.66. The fraction of sp³-hybridized carbons (Fsp3) is 0.333. The maximum Gasteiger partial charge on any atom is 0.188 e. The number of aliphatic imine (C=N–C) groups is 1. The number of tetrazole rings is 1. The van der Waals surface area contributed by atoms with Gasteiger partial charge in [-0.05, 0) is 31.2 Å². The van der Waals surface area contributed by atoms with Crippen LogP contribution in [-0.4, -0.2) is 32.1 Å². The van der Waals surface area contributed by atoms with Gasteiger partial charge in [-0.3, -0.25) is 4.99 Å². The Hall–Kier alpha value is -2.04. The first-order chi connectivity index (χ1) is 8.06. The van der Waals surface area contributed by atoms with Crippen LogP contribution in [0.25, 0.3) is 11.4 Å². The van der Waals surface area contributed by atoms with Gasteiger partial charge in [0.15, 0.2) is 5.82 Å². The lowest BCUT2D eigenvalue weighted by Crippen LogP contribution is -2.12. The van der Waals surface area contributed by atoms with E-state index >= 15 is 0 Å². The van der Waals surface area contributed by atoms with Crippen LogP contribution in [0, 0.1) is 0 Å². The Balaban J connectivity index is 2.33. The monoisotopic (exact) mass is 229 g/mol. The molecule has 0 saturated carbocycles. The summed E-state index contributed by atoms with van der Waals surface area (Å²) < 4.78 is 1.58. The van der Waals surface area contributed by atoms with Gasteiger partial charge in [0.25, 0.3) is 0 Å². The quantitative estimate of drug-likeness (QED) is 0.584. The van der Waals surface area contributed by atoms with Gasteiger partial charge in [-0.15, -0.1) is 5.10 Å². The Morgan fingerprint density at radius 1 is 1.18 bits per heavy atom. The van der Waals surface area contributed by atoms with Gasteiger partial charge in [0.1, 0.15) is 6.34 Å². The third-order valence-electron chi connectivity index (χ3n) is 2.08. The predicted octanol–water partition coefficient (Wildman–Crippen LogP) is 2.01. The van der Waals surface area contributed by atoms with Gasteiger partial charge in [0.05, 0.1) is 5.54 Å². The zero-order valence-corrected chi connectivity index (χ0v) is 10.2. The highest BCUT2D eigenvalue weighted by Gasteiger charge is 2.09. The molecule has 88 valence electrons. The van der Waals surface area contributed by atoms with Gasteiger partial charge in [-0.2, -0.15) is 4.68 Å². The number of aromatic nitrogens is 4. The largest absolute Gasteiger partial charge is 0.268 e. The highest BCUT2D eigenvalue weighted by Crippen LogP contribution is 2.13. The average molecular weight is 229 g/mol. The van der Waals surface area contributed by atoms with E-state index in [9.17, 15) is 0 Å². The van der Waals surface area contributed by atoms with Crippen molar-refractivity contribution in [2.45, 2.75) is 26.3 Å². The van der Waals surface area contributed by atoms with Crippen molar-refractivity contribution in [3.63, 3.8) is 0 Å². The van der Waals surface area contributed by atoms with Crippen molar-refractivity contribution < 1.29 is 0 Å². The zero-order chi connectivity index (χ0) is 12.3. The third kappa shape index (κ3) is 2.96. The molecule has 1 heterocycles. The SMILES string of the molecule is CC(C)(C)N=Cn1nnnc1-c1ccccc1. The molecule has 0 spiro atoms. The summed E-state index contributed by atoms with van der Waals surface area (Å²) in [6.45, 7) is 6.07. The lowest BCUT2D eigenvalue weighted by molar-refractivity contribution is 0.582. The summed E-state index contributed by atoms with van der Waals surface area (Å²) in [5, 5.41) is 11.6. The molecule has 1 aromatic carbocycles. The van der Waals surface area contributed by atoms with Crippen molar-refractivity contribution in [2.75, 3.05) is 0 Å². The minimum atomic E-state index is -0.139. The van der Waals surface area contributed by atoms with Crippen LogP contribution in [0.4, 0.5) is 0 Å². The van der Waals surface area contributed by atoms with Gasteiger partial charge in [-0.25, -0.2) is 0 Å². The molecule has 0 unspecified atom stereocenters. The molecule has 0 aliphatic rings. The molecular formula is C12H15N5. The molecule has 0 amide bonds. The van der Waals surface area contributed by atoms with Crippen LogP contribution in [-0.2, 0) is 0 Å². The Morgan fingerprint density at radius 2 is 1.88 bits per heavy atom. The fourth-order valence-corrected chi connectivity index (χ4v) is 1.28. The topological polar surface area (TPSA) is 56.0 Å². The second kappa shape index (κ2) is 4.45. The molecule has 2 rings (SSSR count).